The fourth-order valence-corrected chi connectivity index (χ4v) is 6.13. The average molecular weight is 701 g/mol. The van der Waals surface area contributed by atoms with Crippen LogP contribution in [0.25, 0.3) is 0 Å². The molecule has 0 bridgehead atoms. The van der Waals surface area contributed by atoms with Crippen LogP contribution in [0.2, 0.25) is 0 Å². The number of carboxylic acids is 1. The number of carboxylic acid groups (broad SMARTS) is 1. The summed E-state index contributed by atoms with van der Waals surface area (Å²) >= 11 is 4.13. The Bertz CT molecular complexity index is 1140. The van der Waals surface area contributed by atoms with Crippen molar-refractivity contribution in [2.75, 3.05) is 26.1 Å². The summed E-state index contributed by atoms with van der Waals surface area (Å²) in [6.07, 6.45) is -12.2. The number of unbranched alkanes of at least 4 members (excludes halogenated alkanes) is 1. The summed E-state index contributed by atoms with van der Waals surface area (Å²) < 4.78 is 105. The molecule has 258 valence electrons. The monoisotopic (exact) mass is 700 g/mol. The van der Waals surface area contributed by atoms with Gasteiger partial charge in [0.15, 0.2) is 18.7 Å². The van der Waals surface area contributed by atoms with Crippen LogP contribution in [0.3, 0.4) is 0 Å². The standard InChI is InChI=1S/C23H40O18S3/c1-11-7-14(34-2)16(9-35-43(28,29)30)39-22(11)38-15-8-12(24)23(41-20(15)21(26)27)40-19-17(10-36-44(31,32)33)37-13(18(19)25)5-3-4-6-42/h11-20,22-25,42H,3-10H2,1-2H3,(H,26,27)(H,28,29,30)(H,31,32,33)/t11?,12?,13-,14-,15-,16?,17+,18+,19?,20?,22-,23+/m0/s1. The molecule has 18 nitrogen and oxygen atoms in total. The van der Waals surface area contributed by atoms with E-state index in [-0.39, 0.29) is 12.8 Å². The van der Waals surface area contributed by atoms with Gasteiger partial charge in [0, 0.05) is 19.4 Å². The third-order valence-corrected chi connectivity index (χ3v) is 8.62. The Morgan fingerprint density at radius 3 is 2.07 bits per heavy atom. The molecule has 12 atom stereocenters. The first-order valence-corrected chi connectivity index (χ1v) is 17.1. The SMILES string of the molecule is CO[C@H]1CC(C)[C@@H](O[C@H]2CC(O)[C@H](OC3[C@@H](COS(=O)(=O)O)O[C@@H](CCCCS)[C@H]3O)OC2C(=O)O)OC1COS(=O)(=O)O. The van der Waals surface area contributed by atoms with Gasteiger partial charge in [0.05, 0.1) is 25.4 Å². The Morgan fingerprint density at radius 2 is 1.50 bits per heavy atom. The van der Waals surface area contributed by atoms with Crippen LogP contribution in [0.4, 0.5) is 0 Å². The number of carbonyl (C=O) groups is 1. The van der Waals surface area contributed by atoms with Crippen LogP contribution in [-0.2, 0) is 62.4 Å². The summed E-state index contributed by atoms with van der Waals surface area (Å²) in [6, 6.07) is 0. The maximum Gasteiger partial charge on any atom is 0.397 e. The van der Waals surface area contributed by atoms with Gasteiger partial charge in [0.2, 0.25) is 0 Å². The highest BCUT2D eigenvalue weighted by Gasteiger charge is 2.51. The first-order chi connectivity index (χ1) is 20.5. The molecule has 5 N–H and O–H groups in total. The van der Waals surface area contributed by atoms with Gasteiger partial charge in [-0.15, -0.1) is 0 Å². The highest BCUT2D eigenvalue weighted by molar-refractivity contribution is 7.81. The van der Waals surface area contributed by atoms with E-state index in [1.54, 1.807) is 6.92 Å². The molecule has 0 aromatic carbocycles. The number of hydrogen-bond donors (Lipinski definition) is 6. The molecule has 0 aromatic rings. The van der Waals surface area contributed by atoms with Gasteiger partial charge in [0.1, 0.15) is 36.6 Å². The lowest BCUT2D eigenvalue weighted by Crippen LogP contribution is -2.57. The molecule has 3 aliphatic rings. The van der Waals surface area contributed by atoms with Crippen molar-refractivity contribution in [2.24, 2.45) is 5.92 Å². The molecule has 44 heavy (non-hydrogen) atoms. The molecule has 0 amide bonds. The lowest BCUT2D eigenvalue weighted by atomic mass is 9.95. The normalized spacial score (nSPS) is 38.5. The number of aliphatic hydroxyl groups excluding tert-OH is 2. The van der Waals surface area contributed by atoms with Crippen molar-refractivity contribution in [1.29, 1.82) is 0 Å². The Hall–Kier alpha value is -0.760. The van der Waals surface area contributed by atoms with E-state index in [1.807, 2.05) is 0 Å². The van der Waals surface area contributed by atoms with Gasteiger partial charge in [-0.2, -0.15) is 29.5 Å². The van der Waals surface area contributed by atoms with Crippen molar-refractivity contribution in [2.45, 2.75) is 107 Å². The van der Waals surface area contributed by atoms with Gasteiger partial charge in [-0.3, -0.25) is 9.11 Å². The van der Waals surface area contributed by atoms with Crippen LogP contribution in [0.5, 0.6) is 0 Å². The van der Waals surface area contributed by atoms with Gasteiger partial charge < -0.3 is 43.7 Å². The second-order valence-electron chi connectivity index (χ2n) is 10.7. The second kappa shape index (κ2) is 16.4. The summed E-state index contributed by atoms with van der Waals surface area (Å²) in [6.45, 7) is 0.347. The number of aliphatic hydroxyl groups is 2. The zero-order chi connectivity index (χ0) is 32.8. The topological polar surface area (TPSA) is 260 Å². The molecule has 0 radical (unpaired) electrons. The minimum Gasteiger partial charge on any atom is -0.479 e. The summed E-state index contributed by atoms with van der Waals surface area (Å²) in [5.41, 5.74) is 0. The number of hydrogen-bond acceptors (Lipinski definition) is 16. The highest BCUT2D eigenvalue weighted by Crippen LogP contribution is 2.35. The van der Waals surface area contributed by atoms with E-state index in [0.717, 1.165) is 0 Å². The molecular formula is C23H40O18S3. The molecule has 3 rings (SSSR count). The van der Waals surface area contributed by atoms with Gasteiger partial charge in [-0.25, -0.2) is 13.2 Å². The van der Waals surface area contributed by atoms with E-state index in [9.17, 15) is 36.9 Å². The fourth-order valence-electron chi connectivity index (χ4n) is 5.29. The van der Waals surface area contributed by atoms with Gasteiger partial charge in [-0.1, -0.05) is 6.92 Å². The maximum atomic E-state index is 12.2. The first-order valence-electron chi connectivity index (χ1n) is 13.8. The molecule has 3 saturated heterocycles. The molecule has 0 spiro atoms. The van der Waals surface area contributed by atoms with Crippen LogP contribution in [-0.4, -0.2) is 141 Å². The largest absolute Gasteiger partial charge is 0.479 e. The van der Waals surface area contributed by atoms with Crippen molar-refractivity contribution in [3.63, 3.8) is 0 Å². The first kappa shape index (κ1) is 37.7. The predicted molar refractivity (Wildman–Crippen MR) is 147 cm³/mol. The number of ether oxygens (including phenoxy) is 6. The smallest absolute Gasteiger partial charge is 0.397 e. The highest BCUT2D eigenvalue weighted by atomic mass is 32.3. The van der Waals surface area contributed by atoms with Gasteiger partial charge in [-0.05, 0) is 31.4 Å². The maximum absolute atomic E-state index is 12.2. The van der Waals surface area contributed by atoms with Crippen molar-refractivity contribution in [1.82, 2.24) is 0 Å². The summed E-state index contributed by atoms with van der Waals surface area (Å²) in [5.74, 6) is -1.31. The number of methoxy groups -OCH3 is 1. The van der Waals surface area contributed by atoms with Crippen LogP contribution in [0.15, 0.2) is 0 Å². The van der Waals surface area contributed by atoms with Crippen LogP contribution in [0.1, 0.15) is 39.0 Å². The molecule has 5 unspecified atom stereocenters. The third-order valence-electron chi connectivity index (χ3n) is 7.44. The number of aliphatic carboxylic acids is 1. The van der Waals surface area contributed by atoms with E-state index in [0.29, 0.717) is 25.0 Å². The Kier molecular flexibility index (Phi) is 14.0. The molecule has 3 heterocycles. The lowest BCUT2D eigenvalue weighted by Gasteiger charge is -2.43. The van der Waals surface area contributed by atoms with E-state index in [1.165, 1.54) is 7.11 Å². The Balaban J connectivity index is 1.71. The Labute approximate surface area is 260 Å². The quantitative estimate of drug-likeness (QED) is 0.0637. The van der Waals surface area contributed by atoms with E-state index >= 15 is 0 Å². The summed E-state index contributed by atoms with van der Waals surface area (Å²) in [5, 5.41) is 31.7. The predicted octanol–water partition coefficient (Wildman–Crippen LogP) is -1.05. The van der Waals surface area contributed by atoms with E-state index in [2.05, 4.69) is 21.0 Å². The number of rotatable bonds is 16. The molecular weight excluding hydrogens is 660 g/mol. The van der Waals surface area contributed by atoms with Crippen molar-refractivity contribution >= 4 is 39.4 Å². The molecule has 3 fully saturated rings. The average Bonchev–Trinajstić information content (AvgIpc) is 3.21. The van der Waals surface area contributed by atoms with Gasteiger partial charge >= 0.3 is 26.8 Å². The van der Waals surface area contributed by atoms with Crippen LogP contribution < -0.4 is 0 Å². The molecule has 21 heteroatoms. The zero-order valence-corrected chi connectivity index (χ0v) is 26.4. The molecule has 0 aromatic heterocycles. The summed E-state index contributed by atoms with van der Waals surface area (Å²) in [7, 11) is -8.29. The van der Waals surface area contributed by atoms with Crippen molar-refractivity contribution in [3.05, 3.63) is 0 Å². The van der Waals surface area contributed by atoms with E-state index < -0.39 is 113 Å². The molecule has 0 saturated carbocycles. The fraction of sp³-hybridized carbons (Fsp3) is 0.957. The van der Waals surface area contributed by atoms with Crippen LogP contribution >= 0.6 is 12.6 Å². The molecule has 3 aliphatic heterocycles. The Morgan fingerprint density at radius 1 is 0.864 bits per heavy atom. The zero-order valence-electron chi connectivity index (χ0n) is 23.9. The minimum atomic E-state index is -4.87. The number of thiol groups is 1. The third kappa shape index (κ3) is 10.9. The second-order valence-corrected chi connectivity index (χ2v) is 13.3. The molecule has 0 aliphatic carbocycles. The lowest BCUT2D eigenvalue weighted by molar-refractivity contribution is -0.324. The minimum absolute atomic E-state index is 0.280. The summed E-state index contributed by atoms with van der Waals surface area (Å²) in [4.78, 5) is 12.2. The van der Waals surface area contributed by atoms with Crippen molar-refractivity contribution < 1.29 is 82.8 Å². The van der Waals surface area contributed by atoms with E-state index in [4.69, 9.17) is 37.5 Å². The van der Waals surface area contributed by atoms with Crippen molar-refractivity contribution in [3.8, 4) is 0 Å². The van der Waals surface area contributed by atoms with Crippen LogP contribution in [0, 0.1) is 5.92 Å². The van der Waals surface area contributed by atoms with Gasteiger partial charge in [0.25, 0.3) is 0 Å².